The lowest BCUT2D eigenvalue weighted by molar-refractivity contribution is 0.102. The third-order valence-electron chi connectivity index (χ3n) is 5.57. The number of anilines is 3. The average Bonchev–Trinajstić information content (AvgIpc) is 2.78. The van der Waals surface area contributed by atoms with Crippen LogP contribution < -0.4 is 15.4 Å². The van der Waals surface area contributed by atoms with E-state index in [1.165, 1.54) is 0 Å². The molecular weight excluding hydrogens is 386 g/mol. The maximum absolute atomic E-state index is 12.4. The van der Waals surface area contributed by atoms with Crippen LogP contribution in [0.1, 0.15) is 28.8 Å². The lowest BCUT2D eigenvalue weighted by atomic mass is 10.1. The Morgan fingerprint density at radius 3 is 2.00 bits per heavy atom. The quantitative estimate of drug-likeness (QED) is 0.561. The van der Waals surface area contributed by atoms with Gasteiger partial charge >= 0.3 is 0 Å². The first kappa shape index (κ1) is 20.9. The molecule has 5 heteroatoms. The topological polar surface area (TPSA) is 53.6 Å². The van der Waals surface area contributed by atoms with Crippen molar-refractivity contribution in [3.63, 3.8) is 0 Å². The first-order chi connectivity index (χ1) is 15.0. The van der Waals surface area contributed by atoms with E-state index in [1.807, 2.05) is 79.7 Å². The van der Waals surface area contributed by atoms with Crippen LogP contribution in [0.5, 0.6) is 5.75 Å². The molecule has 1 aliphatic rings. The summed E-state index contributed by atoms with van der Waals surface area (Å²) >= 11 is 0. The molecule has 0 bridgehead atoms. The summed E-state index contributed by atoms with van der Waals surface area (Å²) in [4.78, 5) is 14.7. The van der Waals surface area contributed by atoms with Crippen LogP contribution in [-0.2, 0) is 0 Å². The number of aryl methyl sites for hydroxylation is 1. The van der Waals surface area contributed by atoms with Crippen LogP contribution in [0.3, 0.4) is 0 Å². The van der Waals surface area contributed by atoms with Gasteiger partial charge in [-0.25, -0.2) is 0 Å². The van der Waals surface area contributed by atoms with Gasteiger partial charge in [0.05, 0.1) is 0 Å². The third kappa shape index (κ3) is 5.86. The van der Waals surface area contributed by atoms with Gasteiger partial charge in [-0.1, -0.05) is 17.7 Å². The van der Waals surface area contributed by atoms with Crippen molar-refractivity contribution in [1.29, 1.82) is 0 Å². The van der Waals surface area contributed by atoms with Gasteiger partial charge in [-0.05, 0) is 87.5 Å². The molecule has 0 aromatic heterocycles. The van der Waals surface area contributed by atoms with E-state index in [0.29, 0.717) is 11.7 Å². The van der Waals surface area contributed by atoms with Crippen LogP contribution in [0.25, 0.3) is 0 Å². The Kier molecular flexibility index (Phi) is 6.53. The normalized spacial score (nSPS) is 14.8. The van der Waals surface area contributed by atoms with E-state index in [0.717, 1.165) is 54.3 Å². The van der Waals surface area contributed by atoms with E-state index < -0.39 is 0 Å². The predicted octanol–water partition coefficient (Wildman–Crippen LogP) is 5.46. The largest absolute Gasteiger partial charge is 0.490 e. The molecule has 0 spiro atoms. The summed E-state index contributed by atoms with van der Waals surface area (Å²) < 4.78 is 6.11. The standard InChI is InChI=1S/C26H29N3O2/c1-19-3-5-20(6-4-19)26(30)28-23-9-7-21(8-10-23)27-22-11-13-24(14-12-22)31-25-15-17-29(2)18-16-25/h3-14,25,27H,15-18H2,1-2H3,(H,28,30). The molecule has 1 amide bonds. The number of hydrogen-bond donors (Lipinski definition) is 2. The minimum atomic E-state index is -0.110. The van der Waals surface area contributed by atoms with Crippen molar-refractivity contribution in [2.45, 2.75) is 25.9 Å². The van der Waals surface area contributed by atoms with Gasteiger partial charge in [0.15, 0.2) is 0 Å². The highest BCUT2D eigenvalue weighted by Gasteiger charge is 2.17. The molecule has 0 radical (unpaired) electrons. The first-order valence-corrected chi connectivity index (χ1v) is 10.8. The number of hydrogen-bond acceptors (Lipinski definition) is 4. The minimum Gasteiger partial charge on any atom is -0.490 e. The Morgan fingerprint density at radius 2 is 1.39 bits per heavy atom. The molecule has 5 nitrogen and oxygen atoms in total. The molecule has 1 fully saturated rings. The van der Waals surface area contributed by atoms with Crippen molar-refractivity contribution in [2.75, 3.05) is 30.8 Å². The summed E-state index contributed by atoms with van der Waals surface area (Å²) in [6.45, 7) is 4.18. The minimum absolute atomic E-state index is 0.110. The zero-order valence-electron chi connectivity index (χ0n) is 18.1. The fourth-order valence-electron chi connectivity index (χ4n) is 3.62. The Labute approximate surface area is 184 Å². The zero-order chi connectivity index (χ0) is 21.6. The molecule has 0 saturated carbocycles. The van der Waals surface area contributed by atoms with Crippen LogP contribution >= 0.6 is 0 Å². The second kappa shape index (κ2) is 9.67. The van der Waals surface area contributed by atoms with Gasteiger partial charge in [0.1, 0.15) is 11.9 Å². The Bertz CT molecular complexity index is 990. The SMILES string of the molecule is Cc1ccc(C(=O)Nc2ccc(Nc3ccc(OC4CCN(C)CC4)cc3)cc2)cc1. The van der Waals surface area contributed by atoms with Crippen molar-refractivity contribution in [3.05, 3.63) is 83.9 Å². The van der Waals surface area contributed by atoms with Crippen LogP contribution in [0.15, 0.2) is 72.8 Å². The van der Waals surface area contributed by atoms with E-state index >= 15 is 0 Å². The van der Waals surface area contributed by atoms with Crippen molar-refractivity contribution in [3.8, 4) is 5.75 Å². The van der Waals surface area contributed by atoms with Gasteiger partial charge < -0.3 is 20.3 Å². The lowest BCUT2D eigenvalue weighted by Gasteiger charge is -2.29. The maximum atomic E-state index is 12.4. The Morgan fingerprint density at radius 1 is 0.839 bits per heavy atom. The number of carbonyl (C=O) groups excluding carboxylic acids is 1. The summed E-state index contributed by atoms with van der Waals surface area (Å²) in [6, 6.07) is 23.3. The molecule has 0 atom stereocenters. The summed E-state index contributed by atoms with van der Waals surface area (Å²) in [6.07, 6.45) is 2.45. The van der Waals surface area contributed by atoms with E-state index in [-0.39, 0.29) is 5.91 Å². The molecular formula is C26H29N3O2. The predicted molar refractivity (Wildman–Crippen MR) is 126 cm³/mol. The molecule has 31 heavy (non-hydrogen) atoms. The Balaban J connectivity index is 1.30. The van der Waals surface area contributed by atoms with Gasteiger partial charge in [-0.2, -0.15) is 0 Å². The van der Waals surface area contributed by atoms with E-state index in [2.05, 4.69) is 22.6 Å². The molecule has 1 aliphatic heterocycles. The number of rotatable bonds is 6. The van der Waals surface area contributed by atoms with Crippen LogP contribution in [0.2, 0.25) is 0 Å². The molecule has 1 saturated heterocycles. The van der Waals surface area contributed by atoms with E-state index in [1.54, 1.807) is 0 Å². The second-order valence-electron chi connectivity index (χ2n) is 8.17. The highest BCUT2D eigenvalue weighted by molar-refractivity contribution is 6.04. The molecule has 1 heterocycles. The maximum Gasteiger partial charge on any atom is 0.255 e. The van der Waals surface area contributed by atoms with Crippen LogP contribution in [0.4, 0.5) is 17.1 Å². The second-order valence-corrected chi connectivity index (χ2v) is 8.17. The molecule has 160 valence electrons. The fraction of sp³-hybridized carbons (Fsp3) is 0.269. The zero-order valence-corrected chi connectivity index (χ0v) is 18.1. The molecule has 4 rings (SSSR count). The number of piperidine rings is 1. The Hall–Kier alpha value is -3.31. The van der Waals surface area contributed by atoms with Gasteiger partial charge in [0, 0.05) is 35.7 Å². The van der Waals surface area contributed by atoms with E-state index in [4.69, 9.17) is 4.74 Å². The molecule has 0 aliphatic carbocycles. The van der Waals surface area contributed by atoms with Crippen molar-refractivity contribution < 1.29 is 9.53 Å². The molecule has 0 unspecified atom stereocenters. The average molecular weight is 416 g/mol. The highest BCUT2D eigenvalue weighted by Crippen LogP contribution is 2.24. The molecule has 3 aromatic carbocycles. The van der Waals surface area contributed by atoms with Crippen molar-refractivity contribution in [1.82, 2.24) is 4.90 Å². The van der Waals surface area contributed by atoms with Gasteiger partial charge in [-0.3, -0.25) is 4.79 Å². The van der Waals surface area contributed by atoms with Crippen LogP contribution in [0, 0.1) is 6.92 Å². The van der Waals surface area contributed by atoms with Crippen molar-refractivity contribution in [2.24, 2.45) is 0 Å². The number of nitrogens with zero attached hydrogens (tertiary/aromatic N) is 1. The van der Waals surface area contributed by atoms with Gasteiger partial charge in [0.2, 0.25) is 0 Å². The van der Waals surface area contributed by atoms with Crippen LogP contribution in [-0.4, -0.2) is 37.0 Å². The number of carbonyl (C=O) groups is 1. The number of ether oxygens (including phenoxy) is 1. The highest BCUT2D eigenvalue weighted by atomic mass is 16.5. The number of likely N-dealkylation sites (tertiary alicyclic amines) is 1. The molecule has 3 aromatic rings. The molecule has 2 N–H and O–H groups in total. The fourth-order valence-corrected chi connectivity index (χ4v) is 3.62. The summed E-state index contributed by atoms with van der Waals surface area (Å²) in [5.41, 5.74) is 4.49. The van der Waals surface area contributed by atoms with Gasteiger partial charge in [-0.15, -0.1) is 0 Å². The van der Waals surface area contributed by atoms with Crippen molar-refractivity contribution >= 4 is 23.0 Å². The third-order valence-corrected chi connectivity index (χ3v) is 5.57. The summed E-state index contributed by atoms with van der Waals surface area (Å²) in [5, 5.41) is 6.32. The monoisotopic (exact) mass is 415 g/mol. The number of benzene rings is 3. The lowest BCUT2D eigenvalue weighted by Crippen LogP contribution is -2.35. The summed E-state index contributed by atoms with van der Waals surface area (Å²) in [5.74, 6) is 0.801. The smallest absolute Gasteiger partial charge is 0.255 e. The number of amides is 1. The van der Waals surface area contributed by atoms with Gasteiger partial charge in [0.25, 0.3) is 5.91 Å². The van der Waals surface area contributed by atoms with E-state index in [9.17, 15) is 4.79 Å². The summed E-state index contributed by atoms with van der Waals surface area (Å²) in [7, 11) is 2.15. The number of nitrogens with one attached hydrogen (secondary N) is 2. The first-order valence-electron chi connectivity index (χ1n) is 10.8.